The van der Waals surface area contributed by atoms with Crippen LogP contribution in [0.2, 0.25) is 5.02 Å². The van der Waals surface area contributed by atoms with Crippen LogP contribution >= 0.6 is 23.4 Å². The van der Waals surface area contributed by atoms with Gasteiger partial charge in [-0.05, 0) is 56.4 Å². The molecular formula is C18H24BClO4S. The maximum atomic E-state index is 11.4. The Hall–Kier alpha value is -0.785. The van der Waals surface area contributed by atoms with Crippen molar-refractivity contribution in [2.45, 2.75) is 52.4 Å². The first-order valence-corrected chi connectivity index (χ1v) is 9.51. The first-order valence-electron chi connectivity index (χ1n) is 8.14. The van der Waals surface area contributed by atoms with Gasteiger partial charge in [-0.3, -0.25) is 4.79 Å². The van der Waals surface area contributed by atoms with Gasteiger partial charge in [-0.15, -0.1) is 0 Å². The number of hydrogen-bond acceptors (Lipinski definition) is 5. The van der Waals surface area contributed by atoms with Gasteiger partial charge in [0.1, 0.15) is 0 Å². The molecule has 1 saturated heterocycles. The molecule has 0 aromatic heterocycles. The summed E-state index contributed by atoms with van der Waals surface area (Å²) >= 11 is 7.21. The topological polar surface area (TPSA) is 55.8 Å². The second kappa shape index (κ2) is 7.84. The molecule has 0 bridgehead atoms. The lowest BCUT2D eigenvalue weighted by molar-refractivity contribution is -0.109. The van der Waals surface area contributed by atoms with E-state index in [1.807, 2.05) is 39.8 Å². The maximum absolute atomic E-state index is 11.4. The smallest absolute Gasteiger partial charge is 0.400 e. The van der Waals surface area contributed by atoms with Gasteiger partial charge in [-0.2, -0.15) is 0 Å². The molecule has 1 heterocycles. The Labute approximate surface area is 159 Å². The molecule has 1 aliphatic heterocycles. The number of hydrogen-bond donors (Lipinski definition) is 1. The number of thioether (sulfide) groups is 1. The summed E-state index contributed by atoms with van der Waals surface area (Å²) in [6, 6.07) is 5.34. The summed E-state index contributed by atoms with van der Waals surface area (Å²) in [6.45, 7) is 9.37. The van der Waals surface area contributed by atoms with E-state index in [2.05, 4.69) is 0 Å². The van der Waals surface area contributed by atoms with Gasteiger partial charge in [0.25, 0.3) is 0 Å². The summed E-state index contributed by atoms with van der Waals surface area (Å²) < 4.78 is 12.2. The van der Waals surface area contributed by atoms with Crippen molar-refractivity contribution in [3.63, 3.8) is 0 Å². The Kier molecular flexibility index (Phi) is 6.44. The number of carbonyl (C=O) groups is 1. The van der Waals surface area contributed by atoms with Crippen LogP contribution in [-0.4, -0.2) is 34.3 Å². The summed E-state index contributed by atoms with van der Waals surface area (Å²) in [5, 5.41) is 10.2. The molecule has 0 amide bonds. The van der Waals surface area contributed by atoms with E-state index in [1.54, 1.807) is 12.1 Å². The van der Waals surface area contributed by atoms with Crippen molar-refractivity contribution in [2.24, 2.45) is 0 Å². The van der Waals surface area contributed by atoms with E-state index in [0.29, 0.717) is 16.3 Å². The standard InChI is InChI=1S/C18H24BClO4S/c1-12(22)25-11-15(19-23-17(2,3)18(4,5)24-19)8-13-6-7-16(20)9-14(13)10-21/h6-9,21H,10-11H2,1-5H3. The largest absolute Gasteiger partial charge is 0.491 e. The molecule has 1 aromatic rings. The van der Waals surface area contributed by atoms with E-state index in [4.69, 9.17) is 20.9 Å². The van der Waals surface area contributed by atoms with Crippen molar-refractivity contribution >= 4 is 41.7 Å². The van der Waals surface area contributed by atoms with Crippen LogP contribution in [0.4, 0.5) is 0 Å². The maximum Gasteiger partial charge on any atom is 0.491 e. The van der Waals surface area contributed by atoms with Crippen LogP contribution in [0, 0.1) is 0 Å². The van der Waals surface area contributed by atoms with E-state index in [1.165, 1.54) is 18.7 Å². The van der Waals surface area contributed by atoms with E-state index in [0.717, 1.165) is 11.0 Å². The minimum atomic E-state index is -0.543. The lowest BCUT2D eigenvalue weighted by Crippen LogP contribution is -2.41. The first-order chi connectivity index (χ1) is 11.6. The predicted octanol–water partition coefficient (Wildman–Crippen LogP) is 4.13. The Morgan fingerprint density at radius 3 is 2.40 bits per heavy atom. The van der Waals surface area contributed by atoms with Crippen molar-refractivity contribution in [1.82, 2.24) is 0 Å². The minimum Gasteiger partial charge on any atom is -0.400 e. The highest BCUT2D eigenvalue weighted by Gasteiger charge is 2.52. The highest BCUT2D eigenvalue weighted by molar-refractivity contribution is 8.13. The minimum absolute atomic E-state index is 0.0286. The summed E-state index contributed by atoms with van der Waals surface area (Å²) in [6.07, 6.45) is 1.92. The van der Waals surface area contributed by atoms with Gasteiger partial charge in [0.05, 0.1) is 17.8 Å². The molecule has 7 heteroatoms. The quantitative estimate of drug-likeness (QED) is 0.776. The monoisotopic (exact) mass is 382 g/mol. The lowest BCUT2D eigenvalue weighted by atomic mass is 9.78. The number of rotatable bonds is 5. The van der Waals surface area contributed by atoms with Crippen molar-refractivity contribution in [3.8, 4) is 0 Å². The molecule has 0 saturated carbocycles. The second-order valence-corrected chi connectivity index (χ2v) is 8.68. The zero-order chi connectivity index (χ0) is 18.8. The van der Waals surface area contributed by atoms with Gasteiger partial charge in [-0.25, -0.2) is 0 Å². The van der Waals surface area contributed by atoms with Gasteiger partial charge in [-0.1, -0.05) is 35.5 Å². The van der Waals surface area contributed by atoms with Crippen LogP contribution in [0.15, 0.2) is 23.7 Å². The van der Waals surface area contributed by atoms with E-state index < -0.39 is 18.3 Å². The van der Waals surface area contributed by atoms with Crippen molar-refractivity contribution in [3.05, 3.63) is 39.8 Å². The highest BCUT2D eigenvalue weighted by atomic mass is 35.5. The van der Waals surface area contributed by atoms with Gasteiger partial charge in [0, 0.05) is 17.7 Å². The highest BCUT2D eigenvalue weighted by Crippen LogP contribution is 2.39. The van der Waals surface area contributed by atoms with Crippen LogP contribution < -0.4 is 0 Å². The molecule has 1 aliphatic rings. The number of halogens is 1. The van der Waals surface area contributed by atoms with Crippen LogP contribution in [0.1, 0.15) is 45.7 Å². The fourth-order valence-electron chi connectivity index (χ4n) is 2.41. The van der Waals surface area contributed by atoms with Crippen LogP contribution in [0.25, 0.3) is 6.08 Å². The summed E-state index contributed by atoms with van der Waals surface area (Å²) in [5.41, 5.74) is 1.47. The predicted molar refractivity (Wildman–Crippen MR) is 105 cm³/mol. The van der Waals surface area contributed by atoms with Gasteiger partial charge in [0.15, 0.2) is 5.12 Å². The van der Waals surface area contributed by atoms with Crippen LogP contribution in [0.5, 0.6) is 0 Å². The van der Waals surface area contributed by atoms with E-state index in [-0.39, 0.29) is 11.7 Å². The molecule has 0 spiro atoms. The fraction of sp³-hybridized carbons (Fsp3) is 0.500. The average Bonchev–Trinajstić information content (AvgIpc) is 2.72. The summed E-state index contributed by atoms with van der Waals surface area (Å²) in [4.78, 5) is 11.4. The molecule has 1 N–H and O–H groups in total. The fourth-order valence-corrected chi connectivity index (χ4v) is 3.19. The summed E-state index contributed by atoms with van der Waals surface area (Å²) in [5.74, 6) is 0.458. The van der Waals surface area contributed by atoms with Crippen LogP contribution in [-0.2, 0) is 20.7 Å². The van der Waals surface area contributed by atoms with Gasteiger partial charge >= 0.3 is 7.12 Å². The third kappa shape index (κ3) is 4.89. The molecule has 0 atom stereocenters. The Morgan fingerprint density at radius 1 is 1.28 bits per heavy atom. The Morgan fingerprint density at radius 2 is 1.88 bits per heavy atom. The molecule has 0 aliphatic carbocycles. The molecule has 136 valence electrons. The normalized spacial score (nSPS) is 19.3. The van der Waals surface area contributed by atoms with Gasteiger partial charge < -0.3 is 14.4 Å². The molecule has 25 heavy (non-hydrogen) atoms. The zero-order valence-corrected chi connectivity index (χ0v) is 16.8. The molecule has 0 radical (unpaired) electrons. The number of benzene rings is 1. The third-order valence-electron chi connectivity index (χ3n) is 4.61. The molecule has 1 aromatic carbocycles. The summed E-state index contributed by atoms with van der Waals surface area (Å²) in [7, 11) is -0.543. The number of carbonyl (C=O) groups excluding carboxylic acids is 1. The average molecular weight is 383 g/mol. The van der Waals surface area contributed by atoms with Gasteiger partial charge in [0.2, 0.25) is 0 Å². The van der Waals surface area contributed by atoms with Crippen molar-refractivity contribution in [1.29, 1.82) is 0 Å². The number of aliphatic hydroxyl groups is 1. The van der Waals surface area contributed by atoms with Crippen molar-refractivity contribution < 1.29 is 19.2 Å². The van der Waals surface area contributed by atoms with Crippen LogP contribution in [0.3, 0.4) is 0 Å². The Balaban J connectivity index is 2.38. The molecule has 4 nitrogen and oxygen atoms in total. The third-order valence-corrected chi connectivity index (χ3v) is 5.73. The molecule has 2 rings (SSSR count). The van der Waals surface area contributed by atoms with Crippen molar-refractivity contribution in [2.75, 3.05) is 5.75 Å². The lowest BCUT2D eigenvalue weighted by Gasteiger charge is -2.32. The molecular weight excluding hydrogens is 359 g/mol. The molecule has 0 unspecified atom stereocenters. The second-order valence-electron chi connectivity index (χ2n) is 7.09. The zero-order valence-electron chi connectivity index (χ0n) is 15.3. The SMILES string of the molecule is CC(=O)SCC(=Cc1ccc(Cl)cc1CO)B1OC(C)(C)C(C)(C)O1. The Bertz CT molecular complexity index is 672. The first kappa shape index (κ1) is 20.5. The van der Waals surface area contributed by atoms with E-state index in [9.17, 15) is 9.90 Å². The van der Waals surface area contributed by atoms with E-state index >= 15 is 0 Å². The number of aliphatic hydroxyl groups excluding tert-OH is 1. The molecule has 1 fully saturated rings.